The number of nitrogens with one attached hydrogen (secondary N) is 1. The Morgan fingerprint density at radius 2 is 2.06 bits per heavy atom. The number of nitrogens with zero attached hydrogens (tertiary/aromatic N) is 4. The molecule has 0 bridgehead atoms. The van der Waals surface area contributed by atoms with Crippen molar-refractivity contribution in [3.63, 3.8) is 0 Å². The predicted molar refractivity (Wildman–Crippen MR) is 125 cm³/mol. The number of thioether (sulfide) groups is 1. The highest BCUT2D eigenvalue weighted by atomic mass is 32.2. The smallest absolute Gasteiger partial charge is 0.474 e. The second kappa shape index (κ2) is 10.3. The van der Waals surface area contributed by atoms with Gasteiger partial charge in [-0.25, -0.2) is 19.7 Å². The van der Waals surface area contributed by atoms with E-state index in [1.165, 1.54) is 6.33 Å². The van der Waals surface area contributed by atoms with Gasteiger partial charge in [-0.3, -0.25) is 0 Å². The lowest BCUT2D eigenvalue weighted by Gasteiger charge is -2.30. The van der Waals surface area contributed by atoms with Gasteiger partial charge in [0.25, 0.3) is 0 Å². The zero-order valence-corrected chi connectivity index (χ0v) is 19.7. The lowest BCUT2D eigenvalue weighted by molar-refractivity contribution is -0.151. The lowest BCUT2D eigenvalue weighted by atomic mass is 10.1. The van der Waals surface area contributed by atoms with Crippen molar-refractivity contribution >= 4 is 51.0 Å². The molecule has 2 aromatic heterocycles. The second-order valence-electron chi connectivity index (χ2n) is 7.49. The van der Waals surface area contributed by atoms with Crippen molar-refractivity contribution in [2.24, 2.45) is 0 Å². The maximum atomic E-state index is 11.6. The van der Waals surface area contributed by atoms with Gasteiger partial charge in [0.15, 0.2) is 4.34 Å². The fourth-order valence-corrected chi connectivity index (χ4v) is 4.75. The summed E-state index contributed by atoms with van der Waals surface area (Å²) in [6.07, 6.45) is 4.03. The van der Waals surface area contributed by atoms with Gasteiger partial charge in [-0.05, 0) is 38.3 Å². The van der Waals surface area contributed by atoms with E-state index in [1.54, 1.807) is 48.1 Å². The van der Waals surface area contributed by atoms with Crippen molar-refractivity contribution in [3.05, 3.63) is 30.6 Å². The van der Waals surface area contributed by atoms with Crippen molar-refractivity contribution in [1.82, 2.24) is 20.0 Å². The van der Waals surface area contributed by atoms with Crippen LogP contribution in [0.1, 0.15) is 26.7 Å². The minimum absolute atomic E-state index is 0.0165. The molecule has 0 radical (unpaired) electrons. The number of thiazole rings is 1. The van der Waals surface area contributed by atoms with E-state index in [-0.39, 0.29) is 12.2 Å². The Morgan fingerprint density at radius 3 is 2.81 bits per heavy atom. The topological polar surface area (TPSA) is 98.7 Å². The maximum absolute atomic E-state index is 11.6. The SMILES string of the molecule is CSc1nc2ccc(Nc3cc(OC4CCN(OC(=O)OC(C)C)CC4)ncn3)cc2s1. The molecule has 11 heteroatoms. The monoisotopic (exact) mass is 475 g/mol. The lowest BCUT2D eigenvalue weighted by Crippen LogP contribution is -2.40. The van der Waals surface area contributed by atoms with Crippen LogP contribution >= 0.6 is 23.1 Å². The van der Waals surface area contributed by atoms with E-state index in [1.807, 2.05) is 18.4 Å². The summed E-state index contributed by atoms with van der Waals surface area (Å²) in [7, 11) is 0. The Bertz CT molecular complexity index is 1070. The Labute approximate surface area is 194 Å². The molecule has 4 rings (SSSR count). The van der Waals surface area contributed by atoms with Crippen LogP contribution in [0.4, 0.5) is 16.3 Å². The molecule has 1 aliphatic rings. The van der Waals surface area contributed by atoms with Crippen LogP contribution in [0.3, 0.4) is 0 Å². The minimum atomic E-state index is -0.674. The summed E-state index contributed by atoms with van der Waals surface area (Å²) < 4.78 is 13.2. The Kier molecular flexibility index (Phi) is 7.28. The third-order valence-electron chi connectivity index (χ3n) is 4.68. The Morgan fingerprint density at radius 1 is 1.25 bits per heavy atom. The molecular weight excluding hydrogens is 450 g/mol. The average Bonchev–Trinajstić information content (AvgIpc) is 3.17. The van der Waals surface area contributed by atoms with Crippen molar-refractivity contribution in [2.45, 2.75) is 43.2 Å². The molecule has 0 amide bonds. The molecule has 3 heterocycles. The van der Waals surface area contributed by atoms with Crippen LogP contribution in [0.25, 0.3) is 10.2 Å². The Balaban J connectivity index is 1.31. The number of carbonyl (C=O) groups excluding carboxylic acids is 1. The van der Waals surface area contributed by atoms with Gasteiger partial charge in [0.2, 0.25) is 5.88 Å². The van der Waals surface area contributed by atoms with Gasteiger partial charge in [0.1, 0.15) is 18.2 Å². The number of carbonyl (C=O) groups is 1. The highest BCUT2D eigenvalue weighted by molar-refractivity contribution is 8.00. The third-order valence-corrected chi connectivity index (χ3v) is 6.69. The van der Waals surface area contributed by atoms with Crippen LogP contribution in [0.5, 0.6) is 5.88 Å². The van der Waals surface area contributed by atoms with E-state index in [0.717, 1.165) is 20.2 Å². The van der Waals surface area contributed by atoms with Crippen molar-refractivity contribution in [1.29, 1.82) is 0 Å². The first-order valence-electron chi connectivity index (χ1n) is 10.3. The summed E-state index contributed by atoms with van der Waals surface area (Å²) in [5.41, 5.74) is 1.92. The van der Waals surface area contributed by atoms with Gasteiger partial charge in [-0.15, -0.1) is 16.4 Å². The molecule has 0 aliphatic carbocycles. The van der Waals surface area contributed by atoms with Gasteiger partial charge in [-0.1, -0.05) is 11.8 Å². The molecule has 0 saturated carbocycles. The van der Waals surface area contributed by atoms with Crippen molar-refractivity contribution in [2.75, 3.05) is 24.7 Å². The summed E-state index contributed by atoms with van der Waals surface area (Å²) in [6.45, 7) is 4.71. The number of hydroxylamine groups is 2. The summed E-state index contributed by atoms with van der Waals surface area (Å²) in [5, 5.41) is 4.91. The first-order valence-corrected chi connectivity index (χ1v) is 12.4. The van der Waals surface area contributed by atoms with Crippen LogP contribution in [-0.4, -0.2) is 57.7 Å². The summed E-state index contributed by atoms with van der Waals surface area (Å²) in [6, 6.07) is 7.83. The zero-order chi connectivity index (χ0) is 22.5. The molecule has 32 heavy (non-hydrogen) atoms. The highest BCUT2D eigenvalue weighted by Crippen LogP contribution is 2.31. The number of aromatic nitrogens is 3. The van der Waals surface area contributed by atoms with Gasteiger partial charge in [-0.2, -0.15) is 0 Å². The summed E-state index contributed by atoms with van der Waals surface area (Å²) in [4.78, 5) is 29.9. The number of hydrogen-bond acceptors (Lipinski definition) is 11. The van der Waals surface area contributed by atoms with Crippen LogP contribution in [0, 0.1) is 0 Å². The molecule has 1 aromatic carbocycles. The summed E-state index contributed by atoms with van der Waals surface area (Å²) >= 11 is 3.31. The van der Waals surface area contributed by atoms with E-state index in [0.29, 0.717) is 37.6 Å². The van der Waals surface area contributed by atoms with E-state index >= 15 is 0 Å². The fourth-order valence-electron chi connectivity index (χ4n) is 3.22. The molecule has 1 aliphatic heterocycles. The number of ether oxygens (including phenoxy) is 2. The first-order chi connectivity index (χ1) is 15.5. The van der Waals surface area contributed by atoms with Gasteiger partial charge >= 0.3 is 6.16 Å². The summed E-state index contributed by atoms with van der Waals surface area (Å²) in [5.74, 6) is 1.16. The molecule has 170 valence electrons. The van der Waals surface area contributed by atoms with E-state index < -0.39 is 6.16 Å². The Hall–Kier alpha value is -2.63. The molecule has 9 nitrogen and oxygen atoms in total. The van der Waals surface area contributed by atoms with E-state index in [4.69, 9.17) is 14.3 Å². The molecule has 3 aromatic rings. The molecule has 1 saturated heterocycles. The number of benzene rings is 1. The highest BCUT2D eigenvalue weighted by Gasteiger charge is 2.24. The van der Waals surface area contributed by atoms with Crippen LogP contribution in [0.15, 0.2) is 34.9 Å². The van der Waals surface area contributed by atoms with Gasteiger partial charge in [0.05, 0.1) is 16.3 Å². The number of anilines is 2. The molecule has 1 fully saturated rings. The normalized spacial score (nSPS) is 15.1. The van der Waals surface area contributed by atoms with Crippen LogP contribution in [-0.2, 0) is 9.57 Å². The largest absolute Gasteiger partial charge is 0.528 e. The van der Waals surface area contributed by atoms with Crippen LogP contribution in [0.2, 0.25) is 0 Å². The average molecular weight is 476 g/mol. The molecular formula is C21H25N5O4S2. The van der Waals surface area contributed by atoms with Crippen LogP contribution < -0.4 is 10.1 Å². The van der Waals surface area contributed by atoms with Gasteiger partial charge in [0, 0.05) is 37.7 Å². The minimum Gasteiger partial charge on any atom is -0.474 e. The number of piperidine rings is 1. The zero-order valence-electron chi connectivity index (χ0n) is 18.1. The van der Waals surface area contributed by atoms with E-state index in [2.05, 4.69) is 26.3 Å². The van der Waals surface area contributed by atoms with E-state index in [9.17, 15) is 4.79 Å². The second-order valence-corrected chi connectivity index (χ2v) is 9.57. The fraction of sp³-hybridized carbons (Fsp3) is 0.429. The third kappa shape index (κ3) is 5.99. The number of rotatable bonds is 7. The maximum Gasteiger partial charge on any atom is 0.528 e. The van der Waals surface area contributed by atoms with Crippen molar-refractivity contribution in [3.8, 4) is 5.88 Å². The predicted octanol–water partition coefficient (Wildman–Crippen LogP) is 4.87. The number of hydrogen-bond donors (Lipinski definition) is 1. The molecule has 0 unspecified atom stereocenters. The first kappa shape index (κ1) is 22.6. The molecule has 1 N–H and O–H groups in total. The molecule has 0 spiro atoms. The quantitative estimate of drug-likeness (QED) is 0.376. The molecule has 0 atom stereocenters. The number of fused-ring (bicyclic) bond motifs is 1. The van der Waals surface area contributed by atoms with Crippen molar-refractivity contribution < 1.29 is 19.1 Å². The van der Waals surface area contributed by atoms with Gasteiger partial charge < -0.3 is 19.6 Å². The standard InChI is InChI=1S/C21H25N5O4S2/c1-13(2)28-21(27)30-26-8-6-15(7-9-26)29-19-11-18(22-12-23-19)24-14-4-5-16-17(10-14)32-20(25-16)31-3/h4-5,10-13,15H,6-9H2,1-3H3,(H,22,23,24).